The lowest BCUT2D eigenvalue weighted by Gasteiger charge is -1.82. The van der Waals surface area contributed by atoms with Crippen molar-refractivity contribution in [2.24, 2.45) is 0 Å². The first-order valence-corrected chi connectivity index (χ1v) is 3.92. The van der Waals surface area contributed by atoms with Crippen molar-refractivity contribution in [2.75, 3.05) is 0 Å². The van der Waals surface area contributed by atoms with Crippen molar-refractivity contribution in [3.05, 3.63) is 35.9 Å². The fourth-order valence-corrected chi connectivity index (χ4v) is 0.470. The third kappa shape index (κ3) is 5.74. The van der Waals surface area contributed by atoms with Crippen molar-refractivity contribution >= 4 is 16.1 Å². The normalized spacial score (nSPS) is 7.50. The summed E-state index contributed by atoms with van der Waals surface area (Å²) in [6.07, 6.45) is 0. The molecular weight excluding hydrogens is 149 g/mol. The molecule has 0 heterocycles. The van der Waals surface area contributed by atoms with Gasteiger partial charge in [-0.05, 0) is 13.0 Å². The van der Waals surface area contributed by atoms with Gasteiger partial charge in [-0.1, -0.05) is 29.8 Å². The van der Waals surface area contributed by atoms with Gasteiger partial charge >= 0.3 is 16.1 Å². The lowest BCUT2D eigenvalue weighted by Crippen LogP contribution is -1.63. The summed E-state index contributed by atoms with van der Waals surface area (Å²) in [6, 6.07) is 10.8. The third-order valence-electron chi connectivity index (χ3n) is 0.885. The van der Waals surface area contributed by atoms with Gasteiger partial charge < -0.3 is 7.05 Å². The van der Waals surface area contributed by atoms with Gasteiger partial charge in [-0.25, -0.2) is 0 Å². The summed E-state index contributed by atoms with van der Waals surface area (Å²) in [5.41, 5.74) is 1.29. The zero-order chi connectivity index (χ0) is 7.82. The molecule has 0 aromatic heterocycles. The molecule has 0 aliphatic rings. The topological polar surface area (TPSA) is 0 Å². The Kier molecular flexibility index (Phi) is 6.47. The van der Waals surface area contributed by atoms with Crippen LogP contribution >= 0.6 is 0 Å². The Balaban J connectivity index is 0.000000236. The van der Waals surface area contributed by atoms with Gasteiger partial charge in [0.05, 0.1) is 0 Å². The summed E-state index contributed by atoms with van der Waals surface area (Å²) < 4.78 is 19.5. The highest BCUT2D eigenvalue weighted by Crippen LogP contribution is 1.91. The van der Waals surface area contributed by atoms with Gasteiger partial charge in [0.2, 0.25) is 0 Å². The molecule has 0 aliphatic carbocycles. The lowest BCUT2D eigenvalue weighted by molar-refractivity contribution is 0.712. The van der Waals surface area contributed by atoms with Crippen LogP contribution in [0.2, 0.25) is 0 Å². The number of hydrogen-bond donors (Lipinski definition) is 0. The summed E-state index contributed by atoms with van der Waals surface area (Å²) in [6.45, 7) is 2.06. The second-order valence-corrected chi connectivity index (χ2v) is 1.88. The highest BCUT2D eigenvalue weighted by Gasteiger charge is 1.72. The van der Waals surface area contributed by atoms with Crippen molar-refractivity contribution < 1.29 is 7.05 Å². The molecule has 1 radical (unpaired) electrons. The van der Waals surface area contributed by atoms with E-state index in [0.717, 1.165) is 0 Å². The van der Waals surface area contributed by atoms with Crippen LogP contribution in [0.25, 0.3) is 0 Å². The van der Waals surface area contributed by atoms with Gasteiger partial charge in [0.1, 0.15) is 0 Å². The van der Waals surface area contributed by atoms with E-state index in [0.29, 0.717) is 0 Å². The molecule has 0 unspecified atom stereocenters. The molecule has 0 saturated carbocycles. The van der Waals surface area contributed by atoms with Crippen molar-refractivity contribution in [1.82, 2.24) is 0 Å². The van der Waals surface area contributed by atoms with Crippen LogP contribution in [-0.4, -0.2) is 16.1 Å². The van der Waals surface area contributed by atoms with Crippen LogP contribution in [0.5, 0.6) is 0 Å². The van der Waals surface area contributed by atoms with Crippen LogP contribution in [0.4, 0.5) is 7.05 Å². The fraction of sp³-hybridized carbons (Fsp3) is 0.143. The van der Waals surface area contributed by atoms with Gasteiger partial charge in [0.25, 0.3) is 0 Å². The molecule has 0 bridgehead atoms. The van der Waals surface area contributed by atoms with Crippen LogP contribution in [0.15, 0.2) is 24.3 Å². The van der Waals surface area contributed by atoms with Crippen LogP contribution in [0.3, 0.4) is 0 Å². The van der Waals surface area contributed by atoms with Crippen LogP contribution < -0.4 is 0 Å². The molecule has 3 heteroatoms. The summed E-state index contributed by atoms with van der Waals surface area (Å²) in [5, 5.41) is 0. The zero-order valence-corrected chi connectivity index (χ0v) is 7.19. The van der Waals surface area contributed by atoms with Gasteiger partial charge in [0, 0.05) is 0 Å². The highest BCUT2D eigenvalue weighted by molar-refractivity contribution is 6.15. The Morgan fingerprint density at radius 3 is 1.90 bits per heavy atom. The molecule has 0 saturated heterocycles. The van der Waals surface area contributed by atoms with Gasteiger partial charge in [-0.2, -0.15) is 0 Å². The maximum Gasteiger partial charge on any atom is 0.732 e. The molecular formula is C7H8AlF2. The van der Waals surface area contributed by atoms with Crippen LogP contribution in [0, 0.1) is 13.0 Å². The van der Waals surface area contributed by atoms with Crippen molar-refractivity contribution in [3.8, 4) is 0 Å². The summed E-state index contributed by atoms with van der Waals surface area (Å²) in [7, 11) is 0. The van der Waals surface area contributed by atoms with E-state index in [2.05, 4.69) is 13.0 Å². The second-order valence-electron chi connectivity index (χ2n) is 1.68. The Morgan fingerprint density at radius 1 is 1.30 bits per heavy atom. The van der Waals surface area contributed by atoms with E-state index in [1.807, 2.05) is 24.3 Å². The largest absolute Gasteiger partial charge is 0.732 e. The van der Waals surface area contributed by atoms with E-state index in [9.17, 15) is 7.05 Å². The number of aryl methyl sites for hydroxylation is 1. The Morgan fingerprint density at radius 2 is 1.70 bits per heavy atom. The first kappa shape index (κ1) is 9.61. The molecule has 0 aliphatic heterocycles. The minimum absolute atomic E-state index is 1.29. The van der Waals surface area contributed by atoms with E-state index in [-0.39, 0.29) is 0 Å². The molecule has 0 atom stereocenters. The minimum Gasteiger partial charge on any atom is -0.377 e. The van der Waals surface area contributed by atoms with Crippen LogP contribution in [-0.2, 0) is 0 Å². The third-order valence-corrected chi connectivity index (χ3v) is 0.885. The van der Waals surface area contributed by atoms with Crippen molar-refractivity contribution in [2.45, 2.75) is 6.92 Å². The second kappa shape index (κ2) is 6.73. The molecule has 0 spiro atoms. The Hall–Kier alpha value is -0.388. The van der Waals surface area contributed by atoms with Crippen LogP contribution in [0.1, 0.15) is 5.56 Å². The minimum atomic E-state index is -2.58. The van der Waals surface area contributed by atoms with E-state index >= 15 is 0 Å². The van der Waals surface area contributed by atoms with E-state index < -0.39 is 16.1 Å². The first-order chi connectivity index (χ1) is 4.81. The van der Waals surface area contributed by atoms with E-state index in [1.54, 1.807) is 0 Å². The average Bonchev–Trinajstić information content (AvgIpc) is 1.91. The predicted octanol–water partition coefficient (Wildman–Crippen LogP) is 1.99. The number of hydrogen-bond acceptors (Lipinski definition) is 0. The van der Waals surface area contributed by atoms with Gasteiger partial charge in [-0.3, -0.25) is 0 Å². The summed E-state index contributed by atoms with van der Waals surface area (Å²) in [4.78, 5) is 0. The van der Waals surface area contributed by atoms with E-state index in [4.69, 9.17) is 0 Å². The van der Waals surface area contributed by atoms with Gasteiger partial charge in [-0.15, -0.1) is 0 Å². The molecule has 1 rings (SSSR count). The molecule has 1 aromatic carbocycles. The molecule has 0 nitrogen and oxygen atoms in total. The Bertz CT molecular complexity index is 153. The summed E-state index contributed by atoms with van der Waals surface area (Å²) in [5.74, 6) is 0. The SMILES string of the molecule is Cc1cc[c]cc1.[F][AlH][F]. The summed E-state index contributed by atoms with van der Waals surface area (Å²) >= 11 is -2.58. The number of rotatable bonds is 0. The standard InChI is InChI=1S/C7H7.Al.2FH.H/c1-7-5-3-2-4-6-7;;;;/h3-6H,1H3;;2*1H;/q;+2;;;/p-2. The van der Waals surface area contributed by atoms with E-state index in [1.165, 1.54) is 5.56 Å². The Labute approximate surface area is 66.5 Å². The van der Waals surface area contributed by atoms with Gasteiger partial charge in [0.15, 0.2) is 0 Å². The number of halogens is 2. The smallest absolute Gasteiger partial charge is 0.377 e. The maximum absolute atomic E-state index is 9.76. The fourth-order valence-electron chi connectivity index (χ4n) is 0.470. The monoisotopic (exact) mass is 157 g/mol. The lowest BCUT2D eigenvalue weighted by atomic mass is 10.2. The molecule has 1 aromatic rings. The average molecular weight is 157 g/mol. The quantitative estimate of drug-likeness (QED) is 0.505. The highest BCUT2D eigenvalue weighted by atomic mass is 27.2. The number of benzene rings is 1. The predicted molar refractivity (Wildman–Crippen MR) is 39.4 cm³/mol. The maximum atomic E-state index is 9.76. The van der Waals surface area contributed by atoms with Crippen molar-refractivity contribution in [3.63, 3.8) is 0 Å². The molecule has 0 fully saturated rings. The molecule has 53 valence electrons. The molecule has 0 amide bonds. The molecule has 0 N–H and O–H groups in total. The van der Waals surface area contributed by atoms with Crippen molar-refractivity contribution in [1.29, 1.82) is 0 Å². The molecule has 10 heavy (non-hydrogen) atoms. The zero-order valence-electron chi connectivity index (χ0n) is 5.77. The first-order valence-electron chi connectivity index (χ1n) is 2.86.